The van der Waals surface area contributed by atoms with Crippen LogP contribution in [-0.2, 0) is 0 Å². The smallest absolute Gasteiger partial charge is 0.248 e. The molecule has 3 heteroatoms. The van der Waals surface area contributed by atoms with Crippen molar-refractivity contribution in [3.05, 3.63) is 29.8 Å². The van der Waals surface area contributed by atoms with E-state index >= 15 is 0 Å². The van der Waals surface area contributed by atoms with E-state index in [0.29, 0.717) is 11.3 Å². The summed E-state index contributed by atoms with van der Waals surface area (Å²) in [5.41, 5.74) is 11.4. The highest BCUT2D eigenvalue weighted by atomic mass is 16.1. The first-order valence-electron chi connectivity index (χ1n) is 4.85. The lowest BCUT2D eigenvalue weighted by atomic mass is 10.2. The molecule has 0 atom stereocenters. The normalized spacial score (nSPS) is 7.43. The molecule has 0 saturated carbocycles. The third kappa shape index (κ3) is 6.06. The molecule has 0 aliphatic heterocycles. The average molecular weight is 196 g/mol. The lowest BCUT2D eigenvalue weighted by Gasteiger charge is -1.94. The van der Waals surface area contributed by atoms with Gasteiger partial charge in [-0.1, -0.05) is 33.8 Å². The molecule has 3 nitrogen and oxygen atoms in total. The second kappa shape index (κ2) is 9.58. The van der Waals surface area contributed by atoms with Gasteiger partial charge in [0.1, 0.15) is 0 Å². The highest BCUT2D eigenvalue weighted by Gasteiger charge is 1.97. The van der Waals surface area contributed by atoms with Crippen LogP contribution < -0.4 is 11.5 Å². The monoisotopic (exact) mass is 196 g/mol. The topological polar surface area (TPSA) is 69.1 Å². The Morgan fingerprint density at radius 1 is 1.14 bits per heavy atom. The number of nitrogens with two attached hydrogens (primary N) is 2. The zero-order chi connectivity index (χ0) is 11.6. The van der Waals surface area contributed by atoms with E-state index in [1.54, 1.807) is 24.3 Å². The first-order chi connectivity index (χ1) is 6.70. The number of rotatable bonds is 1. The van der Waals surface area contributed by atoms with Crippen LogP contribution in [0, 0.1) is 0 Å². The fraction of sp³-hybridized carbons (Fsp3) is 0.364. The van der Waals surface area contributed by atoms with Crippen LogP contribution in [0.2, 0.25) is 0 Å². The molecular weight excluding hydrogens is 176 g/mol. The Hall–Kier alpha value is -1.51. The summed E-state index contributed by atoms with van der Waals surface area (Å²) in [6.45, 7) is 8.00. The molecule has 0 radical (unpaired) electrons. The number of carbonyl (C=O) groups excluding carboxylic acids is 1. The van der Waals surface area contributed by atoms with Crippen molar-refractivity contribution in [2.75, 3.05) is 5.73 Å². The molecule has 4 N–H and O–H groups in total. The number of nitrogen functional groups attached to an aromatic ring is 1. The van der Waals surface area contributed by atoms with Gasteiger partial charge in [0.2, 0.25) is 5.91 Å². The van der Waals surface area contributed by atoms with Crippen LogP contribution in [0.3, 0.4) is 0 Å². The minimum Gasteiger partial charge on any atom is -0.399 e. The van der Waals surface area contributed by atoms with Crippen molar-refractivity contribution in [3.63, 3.8) is 0 Å². The maximum absolute atomic E-state index is 10.5. The van der Waals surface area contributed by atoms with Gasteiger partial charge in [0, 0.05) is 11.3 Å². The van der Waals surface area contributed by atoms with E-state index in [9.17, 15) is 4.79 Å². The van der Waals surface area contributed by atoms with Crippen LogP contribution in [0.25, 0.3) is 0 Å². The molecule has 0 aliphatic carbocycles. The number of hydrogen-bond donors (Lipinski definition) is 2. The van der Waals surface area contributed by atoms with Gasteiger partial charge in [-0.05, 0) is 18.2 Å². The van der Waals surface area contributed by atoms with E-state index in [0.717, 1.165) is 0 Å². The van der Waals surface area contributed by atoms with Crippen LogP contribution in [0.4, 0.5) is 5.69 Å². The van der Waals surface area contributed by atoms with Crippen LogP contribution in [0.5, 0.6) is 0 Å². The fourth-order valence-electron chi connectivity index (χ4n) is 0.692. The molecule has 0 bridgehead atoms. The van der Waals surface area contributed by atoms with Gasteiger partial charge in [-0.25, -0.2) is 0 Å². The molecule has 0 aliphatic rings. The zero-order valence-corrected chi connectivity index (χ0v) is 9.37. The maximum atomic E-state index is 10.5. The number of carbonyl (C=O) groups is 1. The summed E-state index contributed by atoms with van der Waals surface area (Å²) in [6.07, 6.45) is 0. The largest absolute Gasteiger partial charge is 0.399 e. The predicted molar refractivity (Wildman–Crippen MR) is 62.1 cm³/mol. The minimum atomic E-state index is -0.452. The molecule has 1 rings (SSSR count). The number of benzene rings is 1. The molecule has 0 unspecified atom stereocenters. The predicted octanol–water partition coefficient (Wildman–Crippen LogP) is 2.42. The van der Waals surface area contributed by atoms with E-state index in [4.69, 9.17) is 11.5 Å². The highest BCUT2D eigenvalue weighted by Crippen LogP contribution is 2.04. The summed E-state index contributed by atoms with van der Waals surface area (Å²) in [5, 5.41) is 0. The summed E-state index contributed by atoms with van der Waals surface area (Å²) >= 11 is 0. The van der Waals surface area contributed by atoms with Crippen LogP contribution in [-0.4, -0.2) is 5.91 Å². The van der Waals surface area contributed by atoms with Crippen LogP contribution >= 0.6 is 0 Å². The molecule has 80 valence electrons. The summed E-state index contributed by atoms with van der Waals surface area (Å²) in [4.78, 5) is 10.5. The standard InChI is InChI=1S/C7H8N2O.2C2H6/c8-6-3-1-2-5(4-6)7(9)10;2*1-2/h1-4H,8H2,(H2,9,10);2*1-2H3. The first-order valence-corrected chi connectivity index (χ1v) is 4.85. The Morgan fingerprint density at radius 3 is 1.93 bits per heavy atom. The quantitative estimate of drug-likeness (QED) is 0.677. The molecule has 1 aromatic carbocycles. The van der Waals surface area contributed by atoms with E-state index in [1.807, 2.05) is 27.7 Å². The van der Waals surface area contributed by atoms with Crippen molar-refractivity contribution < 1.29 is 4.79 Å². The van der Waals surface area contributed by atoms with Crippen LogP contribution in [0.15, 0.2) is 24.3 Å². The molecule has 1 aromatic rings. The number of amides is 1. The molecule has 0 saturated heterocycles. The third-order valence-electron chi connectivity index (χ3n) is 1.17. The van der Waals surface area contributed by atoms with Gasteiger partial charge in [-0.15, -0.1) is 0 Å². The Balaban J connectivity index is 0. The second-order valence-corrected chi connectivity index (χ2v) is 1.99. The van der Waals surface area contributed by atoms with Gasteiger partial charge >= 0.3 is 0 Å². The molecule has 0 aromatic heterocycles. The van der Waals surface area contributed by atoms with E-state index < -0.39 is 5.91 Å². The summed E-state index contributed by atoms with van der Waals surface area (Å²) in [7, 11) is 0. The van der Waals surface area contributed by atoms with Crippen molar-refractivity contribution in [1.29, 1.82) is 0 Å². The third-order valence-corrected chi connectivity index (χ3v) is 1.17. The molecule has 14 heavy (non-hydrogen) atoms. The minimum absolute atomic E-state index is 0.444. The van der Waals surface area contributed by atoms with Crippen molar-refractivity contribution in [2.45, 2.75) is 27.7 Å². The number of primary amides is 1. The Labute approximate surface area is 86.1 Å². The second-order valence-electron chi connectivity index (χ2n) is 1.99. The average Bonchev–Trinajstić information content (AvgIpc) is 2.24. The number of anilines is 1. The van der Waals surface area contributed by atoms with E-state index in [-0.39, 0.29) is 0 Å². The van der Waals surface area contributed by atoms with Crippen LogP contribution in [0.1, 0.15) is 38.1 Å². The lowest BCUT2D eigenvalue weighted by Crippen LogP contribution is -2.10. The van der Waals surface area contributed by atoms with Gasteiger partial charge in [0.25, 0.3) is 0 Å². The van der Waals surface area contributed by atoms with E-state index in [1.165, 1.54) is 0 Å². The van der Waals surface area contributed by atoms with Gasteiger partial charge in [0.15, 0.2) is 0 Å². The first kappa shape index (κ1) is 15.0. The summed E-state index contributed by atoms with van der Waals surface area (Å²) < 4.78 is 0. The van der Waals surface area contributed by atoms with Gasteiger partial charge in [0.05, 0.1) is 0 Å². The molecule has 1 amide bonds. The zero-order valence-electron chi connectivity index (χ0n) is 9.37. The maximum Gasteiger partial charge on any atom is 0.248 e. The fourth-order valence-corrected chi connectivity index (χ4v) is 0.692. The summed E-state index contributed by atoms with van der Waals surface area (Å²) in [6, 6.07) is 6.56. The van der Waals surface area contributed by atoms with Gasteiger partial charge in [-0.2, -0.15) is 0 Å². The molecule has 0 spiro atoms. The van der Waals surface area contributed by atoms with Crippen molar-refractivity contribution >= 4 is 11.6 Å². The Bertz CT molecular complexity index is 259. The van der Waals surface area contributed by atoms with Crippen molar-refractivity contribution in [1.82, 2.24) is 0 Å². The SMILES string of the molecule is CC.CC.NC(=O)c1cccc(N)c1. The van der Waals surface area contributed by atoms with Crippen molar-refractivity contribution in [3.8, 4) is 0 Å². The summed E-state index contributed by atoms with van der Waals surface area (Å²) in [5.74, 6) is -0.452. The van der Waals surface area contributed by atoms with Crippen molar-refractivity contribution in [2.24, 2.45) is 5.73 Å². The van der Waals surface area contributed by atoms with Gasteiger partial charge < -0.3 is 11.5 Å². The Morgan fingerprint density at radius 2 is 1.64 bits per heavy atom. The van der Waals surface area contributed by atoms with E-state index in [2.05, 4.69) is 0 Å². The molecule has 0 heterocycles. The molecular formula is C11H20N2O. The highest BCUT2D eigenvalue weighted by molar-refractivity contribution is 5.93. The molecule has 0 fully saturated rings. The number of hydrogen-bond acceptors (Lipinski definition) is 2. The Kier molecular flexibility index (Phi) is 10.3. The van der Waals surface area contributed by atoms with Gasteiger partial charge in [-0.3, -0.25) is 4.79 Å². The lowest BCUT2D eigenvalue weighted by molar-refractivity contribution is 0.100.